The number of rotatable bonds is 6. The Balaban J connectivity index is 0.00000200. The van der Waals surface area contributed by atoms with E-state index in [2.05, 4.69) is 15.0 Å². The summed E-state index contributed by atoms with van der Waals surface area (Å²) in [5.41, 5.74) is 6.23. The lowest BCUT2D eigenvalue weighted by Crippen LogP contribution is -2.26. The van der Waals surface area contributed by atoms with E-state index in [-0.39, 0.29) is 18.2 Å². The van der Waals surface area contributed by atoms with Gasteiger partial charge in [0, 0.05) is 0 Å². The molecule has 0 aliphatic carbocycles. The van der Waals surface area contributed by atoms with E-state index < -0.39 is 18.9 Å². The zero-order chi connectivity index (χ0) is 13.8. The summed E-state index contributed by atoms with van der Waals surface area (Å²) in [6.07, 6.45) is 1.15. The summed E-state index contributed by atoms with van der Waals surface area (Å²) < 4.78 is 6.42. The molecule has 0 aliphatic rings. The van der Waals surface area contributed by atoms with Crippen molar-refractivity contribution in [2.45, 2.75) is 12.3 Å². The van der Waals surface area contributed by atoms with Crippen LogP contribution in [0.25, 0.3) is 11.2 Å². The standard InChI is InChI=1S/C10H11N5O4.ClH/c11-9-8-10(13-4-12-9)15(5-14-8)7(3-18)19-6(1-16)2-17;/h1,3-7,17H,2H2,(H2,11,12,13);1H. The smallest absolute Gasteiger partial charge is 0.193 e. The molecular formula is C10H12ClN5O4. The fourth-order valence-electron chi connectivity index (χ4n) is 1.52. The predicted molar refractivity (Wildman–Crippen MR) is 70.1 cm³/mol. The van der Waals surface area contributed by atoms with E-state index in [0.717, 1.165) is 0 Å². The Bertz CT molecular complexity index is 604. The SMILES string of the molecule is Cl.Nc1ncnc2c1ncn2C(C=O)OC(C=O)CO. The maximum Gasteiger partial charge on any atom is 0.193 e. The van der Waals surface area contributed by atoms with Crippen molar-refractivity contribution in [3.63, 3.8) is 0 Å². The molecular weight excluding hydrogens is 290 g/mol. The van der Waals surface area contributed by atoms with Crippen LogP contribution in [0.2, 0.25) is 0 Å². The zero-order valence-electron chi connectivity index (χ0n) is 10.1. The number of aldehydes is 2. The van der Waals surface area contributed by atoms with E-state index in [1.165, 1.54) is 17.2 Å². The molecule has 0 bridgehead atoms. The number of carbonyl (C=O) groups excluding carboxylic acids is 2. The van der Waals surface area contributed by atoms with Gasteiger partial charge in [-0.2, -0.15) is 0 Å². The molecule has 3 N–H and O–H groups in total. The first-order valence-electron chi connectivity index (χ1n) is 5.31. The van der Waals surface area contributed by atoms with Crippen molar-refractivity contribution in [1.82, 2.24) is 19.5 Å². The lowest BCUT2D eigenvalue weighted by molar-refractivity contribution is -0.139. The van der Waals surface area contributed by atoms with Crippen molar-refractivity contribution in [1.29, 1.82) is 0 Å². The number of carbonyl (C=O) groups is 2. The minimum absolute atomic E-state index is 0. The minimum Gasteiger partial charge on any atom is -0.393 e. The monoisotopic (exact) mass is 301 g/mol. The van der Waals surface area contributed by atoms with Crippen LogP contribution in [-0.2, 0) is 14.3 Å². The number of hydrogen-bond donors (Lipinski definition) is 2. The van der Waals surface area contributed by atoms with Crippen LogP contribution in [-0.4, -0.2) is 49.9 Å². The Morgan fingerprint density at radius 1 is 1.35 bits per heavy atom. The van der Waals surface area contributed by atoms with Gasteiger partial charge >= 0.3 is 0 Å². The highest BCUT2D eigenvalue weighted by molar-refractivity contribution is 5.85. The first kappa shape index (κ1) is 16.0. The van der Waals surface area contributed by atoms with Crippen LogP contribution in [0.15, 0.2) is 12.7 Å². The molecule has 2 unspecified atom stereocenters. The van der Waals surface area contributed by atoms with Crippen molar-refractivity contribution in [2.75, 3.05) is 12.3 Å². The van der Waals surface area contributed by atoms with Gasteiger partial charge in [-0.15, -0.1) is 12.4 Å². The van der Waals surface area contributed by atoms with Crippen LogP contribution >= 0.6 is 12.4 Å². The average molecular weight is 302 g/mol. The molecule has 2 heterocycles. The number of nitrogens with two attached hydrogens (primary N) is 1. The molecule has 0 amide bonds. The third-order valence-corrected chi connectivity index (χ3v) is 2.42. The second-order valence-corrected chi connectivity index (χ2v) is 3.60. The molecule has 0 fully saturated rings. The molecule has 2 aromatic rings. The number of aromatic nitrogens is 4. The molecule has 10 heteroatoms. The number of nitrogens with zero attached hydrogens (tertiary/aromatic N) is 4. The number of hydrogen-bond acceptors (Lipinski definition) is 8. The van der Waals surface area contributed by atoms with Gasteiger partial charge in [0.15, 0.2) is 30.3 Å². The van der Waals surface area contributed by atoms with Crippen LogP contribution < -0.4 is 5.73 Å². The van der Waals surface area contributed by atoms with Crippen LogP contribution in [0.1, 0.15) is 6.23 Å². The van der Waals surface area contributed by atoms with E-state index in [1.807, 2.05) is 0 Å². The average Bonchev–Trinajstić information content (AvgIpc) is 2.86. The maximum atomic E-state index is 11.1. The molecule has 2 aromatic heterocycles. The zero-order valence-corrected chi connectivity index (χ0v) is 10.9. The Morgan fingerprint density at radius 2 is 2.10 bits per heavy atom. The van der Waals surface area contributed by atoms with E-state index in [0.29, 0.717) is 23.7 Å². The fourth-order valence-corrected chi connectivity index (χ4v) is 1.52. The van der Waals surface area contributed by atoms with Gasteiger partial charge in [-0.05, 0) is 0 Å². The fraction of sp³-hybridized carbons (Fsp3) is 0.300. The first-order valence-corrected chi connectivity index (χ1v) is 5.31. The van der Waals surface area contributed by atoms with Gasteiger partial charge in [0.25, 0.3) is 0 Å². The molecule has 0 aliphatic heterocycles. The van der Waals surface area contributed by atoms with Crippen LogP contribution in [0.5, 0.6) is 0 Å². The maximum absolute atomic E-state index is 11.1. The van der Waals surface area contributed by atoms with E-state index in [4.69, 9.17) is 15.6 Å². The molecule has 0 spiro atoms. The molecule has 0 saturated carbocycles. The highest BCUT2D eigenvalue weighted by Gasteiger charge is 2.20. The third kappa shape index (κ3) is 2.90. The third-order valence-electron chi connectivity index (χ3n) is 2.42. The lowest BCUT2D eigenvalue weighted by Gasteiger charge is -2.16. The Kier molecular flexibility index (Phi) is 5.50. The van der Waals surface area contributed by atoms with Crippen molar-refractivity contribution >= 4 is 42.0 Å². The minimum atomic E-state index is -1.14. The summed E-state index contributed by atoms with van der Waals surface area (Å²) in [4.78, 5) is 33.3. The summed E-state index contributed by atoms with van der Waals surface area (Å²) >= 11 is 0. The summed E-state index contributed by atoms with van der Waals surface area (Å²) in [5.74, 6) is 0.169. The van der Waals surface area contributed by atoms with Crippen molar-refractivity contribution < 1.29 is 19.4 Å². The lowest BCUT2D eigenvalue weighted by atomic mass is 10.4. The Labute approximate surface area is 119 Å². The van der Waals surface area contributed by atoms with Crippen molar-refractivity contribution in [2.24, 2.45) is 0 Å². The second-order valence-electron chi connectivity index (χ2n) is 3.60. The number of aliphatic hydroxyl groups excluding tert-OH is 1. The van der Waals surface area contributed by atoms with Gasteiger partial charge in [-0.1, -0.05) is 0 Å². The second kappa shape index (κ2) is 6.89. The van der Waals surface area contributed by atoms with Gasteiger partial charge in [-0.3, -0.25) is 9.36 Å². The number of aliphatic hydroxyl groups is 1. The summed E-state index contributed by atoms with van der Waals surface area (Å²) in [7, 11) is 0. The number of fused-ring (bicyclic) bond motifs is 1. The van der Waals surface area contributed by atoms with Crippen LogP contribution in [0.3, 0.4) is 0 Å². The van der Waals surface area contributed by atoms with Gasteiger partial charge in [0.05, 0.1) is 12.9 Å². The van der Waals surface area contributed by atoms with E-state index >= 15 is 0 Å². The normalized spacial score (nSPS) is 13.4. The van der Waals surface area contributed by atoms with E-state index in [1.54, 1.807) is 0 Å². The summed E-state index contributed by atoms with van der Waals surface area (Å²) in [5, 5.41) is 8.88. The van der Waals surface area contributed by atoms with E-state index in [9.17, 15) is 9.59 Å². The Hall–Kier alpha value is -2.10. The highest BCUT2D eigenvalue weighted by atomic mass is 35.5. The molecule has 9 nitrogen and oxygen atoms in total. The van der Waals surface area contributed by atoms with Gasteiger partial charge in [0.2, 0.25) is 0 Å². The number of nitrogen functional groups attached to an aromatic ring is 1. The quantitative estimate of drug-likeness (QED) is 0.656. The van der Waals surface area contributed by atoms with Gasteiger partial charge in [0.1, 0.15) is 17.9 Å². The molecule has 0 saturated heterocycles. The predicted octanol–water partition coefficient (Wildman–Crippen LogP) is -0.896. The molecule has 2 atom stereocenters. The van der Waals surface area contributed by atoms with Crippen LogP contribution in [0.4, 0.5) is 5.82 Å². The van der Waals surface area contributed by atoms with Gasteiger partial charge in [-0.25, -0.2) is 15.0 Å². The summed E-state index contributed by atoms with van der Waals surface area (Å²) in [6, 6.07) is 0. The largest absolute Gasteiger partial charge is 0.393 e. The number of ether oxygens (including phenoxy) is 1. The molecule has 20 heavy (non-hydrogen) atoms. The van der Waals surface area contributed by atoms with Gasteiger partial charge < -0.3 is 20.4 Å². The summed E-state index contributed by atoms with van der Waals surface area (Å²) in [6.45, 7) is -0.530. The number of halogens is 1. The molecule has 0 aromatic carbocycles. The first-order chi connectivity index (χ1) is 9.21. The number of anilines is 1. The van der Waals surface area contributed by atoms with Crippen molar-refractivity contribution in [3.8, 4) is 0 Å². The van der Waals surface area contributed by atoms with Crippen LogP contribution in [0, 0.1) is 0 Å². The molecule has 0 radical (unpaired) electrons. The Morgan fingerprint density at radius 3 is 2.70 bits per heavy atom. The highest BCUT2D eigenvalue weighted by Crippen LogP contribution is 2.19. The number of imidazole rings is 1. The molecule has 108 valence electrons. The van der Waals surface area contributed by atoms with Crippen molar-refractivity contribution in [3.05, 3.63) is 12.7 Å². The molecule has 2 rings (SSSR count). The topological polar surface area (TPSA) is 133 Å².